The molecule has 8 aliphatic carbocycles. The second-order valence-corrected chi connectivity index (χ2v) is 19.4. The van der Waals surface area contributed by atoms with Crippen LogP contribution in [-0.4, -0.2) is 61.7 Å². The van der Waals surface area contributed by atoms with Crippen molar-refractivity contribution in [2.24, 2.45) is 87.8 Å². The fraction of sp³-hybridized carbons (Fsp3) is 0.805. The number of allylic oxidation sites excluding steroid dienone is 2. The van der Waals surface area contributed by atoms with E-state index in [-0.39, 0.29) is 42.2 Å². The highest BCUT2D eigenvalue weighted by Gasteiger charge is 2.87. The molecule has 5 fully saturated rings. The molecule has 7 heteroatoms. The molecule has 0 bridgehead atoms. The number of aliphatic hydroxyl groups is 4. The molecule has 0 aromatic heterocycles. The van der Waals surface area contributed by atoms with E-state index in [1.807, 2.05) is 19.9 Å². The van der Waals surface area contributed by atoms with Gasteiger partial charge < -0.3 is 25.2 Å². The van der Waals surface area contributed by atoms with Crippen molar-refractivity contribution < 1.29 is 34.8 Å². The van der Waals surface area contributed by atoms with Gasteiger partial charge in [0.1, 0.15) is 11.2 Å². The summed E-state index contributed by atoms with van der Waals surface area (Å²) in [7, 11) is 0. The summed E-state index contributed by atoms with van der Waals surface area (Å²) in [4.78, 5) is 28.3. The first-order valence-electron chi connectivity index (χ1n) is 18.9. The van der Waals surface area contributed by atoms with Gasteiger partial charge in [0, 0.05) is 35.5 Å². The van der Waals surface area contributed by atoms with E-state index >= 15 is 0 Å². The van der Waals surface area contributed by atoms with Crippen LogP contribution in [0.3, 0.4) is 0 Å². The Bertz CT molecular complexity index is 1550. The van der Waals surface area contributed by atoms with Crippen LogP contribution in [0.5, 0.6) is 0 Å². The van der Waals surface area contributed by atoms with Crippen LogP contribution in [0.1, 0.15) is 88.0 Å². The third-order valence-corrected chi connectivity index (χ3v) is 16.5. The zero-order valence-corrected chi connectivity index (χ0v) is 30.4. The van der Waals surface area contributed by atoms with E-state index < -0.39 is 57.8 Å². The van der Waals surface area contributed by atoms with Gasteiger partial charge in [-0.25, -0.2) is 0 Å². The lowest BCUT2D eigenvalue weighted by atomic mass is 9.59. The number of fused-ring (bicyclic) bond motifs is 10. The number of hydrogen-bond donors (Lipinski definition) is 4. The van der Waals surface area contributed by atoms with Gasteiger partial charge in [-0.15, -0.1) is 0 Å². The lowest BCUT2D eigenvalue weighted by molar-refractivity contribution is -0.223. The third kappa shape index (κ3) is 3.81. The summed E-state index contributed by atoms with van der Waals surface area (Å²) < 4.78 is 6.85. The summed E-state index contributed by atoms with van der Waals surface area (Å²) in [5.41, 5.74) is -3.16. The third-order valence-electron chi connectivity index (χ3n) is 16.5. The van der Waals surface area contributed by atoms with Crippen LogP contribution in [0, 0.1) is 87.8 Å². The first-order valence-corrected chi connectivity index (χ1v) is 18.9. The SMILES string of the molecule is CC1=C[C@@H]2C([C@H](C)C(C(=O)O[C@@]34[C@H](O)[C@@H](C)[C@@]5(O)[C@@H](C=C(CO)C[C@]6(O)C(=O)C(C)=C[C@@H]56)[C@H]3C4(C)C)C3[C@@H]2C3(C)C)[C@@H]2CC(C)CC2C1. The molecule has 0 heterocycles. The lowest BCUT2D eigenvalue weighted by Crippen LogP contribution is -2.65. The van der Waals surface area contributed by atoms with E-state index in [1.54, 1.807) is 19.9 Å². The predicted molar refractivity (Wildman–Crippen MR) is 181 cm³/mol. The Hall–Kier alpha value is -1.80. The molecule has 4 N–H and O–H groups in total. The fourth-order valence-corrected chi connectivity index (χ4v) is 14.4. The zero-order valence-electron chi connectivity index (χ0n) is 30.4. The zero-order chi connectivity index (χ0) is 34.8. The van der Waals surface area contributed by atoms with Gasteiger partial charge >= 0.3 is 5.97 Å². The second-order valence-electron chi connectivity index (χ2n) is 19.4. The number of carbonyl (C=O) groups excluding carboxylic acids is 2. The Morgan fingerprint density at radius 1 is 1.00 bits per heavy atom. The van der Waals surface area contributed by atoms with E-state index in [4.69, 9.17) is 4.74 Å². The summed E-state index contributed by atoms with van der Waals surface area (Å²) in [6.07, 6.45) is 8.40. The van der Waals surface area contributed by atoms with Crippen molar-refractivity contribution in [3.05, 3.63) is 34.9 Å². The maximum absolute atomic E-state index is 14.9. The quantitative estimate of drug-likeness (QED) is 0.240. The Labute approximate surface area is 286 Å². The van der Waals surface area contributed by atoms with Gasteiger partial charge in [-0.05, 0) is 97.0 Å². The number of Topliss-reactive ketones (excluding diaryl/α,β-unsaturated/α-hetero) is 1. The van der Waals surface area contributed by atoms with Gasteiger partial charge in [-0.3, -0.25) is 9.59 Å². The summed E-state index contributed by atoms with van der Waals surface area (Å²) in [6.45, 7) is 18.7. The number of ketones is 1. The standard InChI is InChI=1S/C41H58O7/c1-18-10-24-11-19(2)13-26-29(25(24)12-18)21(4)30(32-31(26)37(32,6)7)36(45)48-41-33(38(41,8)9)27-15-23(17-42)16-39(46)28(14-20(3)34(39)43)40(27,47)22(5)35(41)44/h13-15,18,21-22,24-33,35,42,44,46-47H,10-12,16-17H2,1-9H3/t18?,21-,22+,24?,25+,26+,27-,28+,29?,30?,31+,32?,33-,35+,39+,40+,41+/m0/s1. The minimum Gasteiger partial charge on any atom is -0.455 e. The van der Waals surface area contributed by atoms with Crippen molar-refractivity contribution in [1.82, 2.24) is 0 Å². The Balaban J connectivity index is 1.17. The highest BCUT2D eigenvalue weighted by molar-refractivity contribution is 6.04. The minimum absolute atomic E-state index is 0.0107. The molecule has 48 heavy (non-hydrogen) atoms. The van der Waals surface area contributed by atoms with Crippen LogP contribution in [-0.2, 0) is 14.3 Å². The van der Waals surface area contributed by atoms with Crippen molar-refractivity contribution in [3.8, 4) is 0 Å². The molecule has 7 nitrogen and oxygen atoms in total. The highest BCUT2D eigenvalue weighted by atomic mass is 16.6. The molecule has 8 rings (SSSR count). The number of hydrogen-bond acceptors (Lipinski definition) is 7. The summed E-state index contributed by atoms with van der Waals surface area (Å²) >= 11 is 0. The van der Waals surface area contributed by atoms with E-state index in [2.05, 4.69) is 40.7 Å². The molecule has 17 atom stereocenters. The molecule has 0 radical (unpaired) electrons. The normalized spacial score (nSPS) is 55.2. The summed E-state index contributed by atoms with van der Waals surface area (Å²) in [6, 6.07) is 0. The van der Waals surface area contributed by atoms with Crippen LogP contribution in [0.25, 0.3) is 0 Å². The van der Waals surface area contributed by atoms with Crippen molar-refractivity contribution in [2.45, 2.75) is 111 Å². The van der Waals surface area contributed by atoms with E-state index in [9.17, 15) is 30.0 Å². The molecule has 0 saturated heterocycles. The van der Waals surface area contributed by atoms with Gasteiger partial charge in [0.25, 0.3) is 0 Å². The Morgan fingerprint density at radius 3 is 2.35 bits per heavy atom. The number of esters is 1. The van der Waals surface area contributed by atoms with Crippen LogP contribution in [0.2, 0.25) is 0 Å². The molecule has 0 aromatic carbocycles. The molecule has 0 aromatic rings. The predicted octanol–water partition coefficient (Wildman–Crippen LogP) is 5.26. The van der Waals surface area contributed by atoms with E-state index in [0.29, 0.717) is 46.7 Å². The van der Waals surface area contributed by atoms with Crippen molar-refractivity contribution in [3.63, 3.8) is 0 Å². The van der Waals surface area contributed by atoms with Crippen LogP contribution in [0.4, 0.5) is 0 Å². The molecule has 0 amide bonds. The summed E-state index contributed by atoms with van der Waals surface area (Å²) in [5, 5.41) is 47.4. The van der Waals surface area contributed by atoms with Crippen LogP contribution >= 0.6 is 0 Å². The topological polar surface area (TPSA) is 124 Å². The smallest absolute Gasteiger partial charge is 0.310 e. The van der Waals surface area contributed by atoms with Gasteiger partial charge in [-0.1, -0.05) is 72.3 Å². The monoisotopic (exact) mass is 662 g/mol. The molecule has 0 spiro atoms. The average Bonchev–Trinajstić information content (AvgIpc) is 3.64. The number of ether oxygens (including phenoxy) is 1. The molecule has 5 unspecified atom stereocenters. The maximum Gasteiger partial charge on any atom is 0.310 e. The molecular formula is C41H58O7. The Morgan fingerprint density at radius 2 is 1.69 bits per heavy atom. The molecule has 264 valence electrons. The van der Waals surface area contributed by atoms with E-state index in [0.717, 1.165) is 6.42 Å². The molecular weight excluding hydrogens is 604 g/mol. The van der Waals surface area contributed by atoms with Gasteiger partial charge in [0.15, 0.2) is 5.78 Å². The van der Waals surface area contributed by atoms with Crippen LogP contribution in [0.15, 0.2) is 34.9 Å². The summed E-state index contributed by atoms with van der Waals surface area (Å²) in [5.74, 6) is -0.229. The molecule has 5 saturated carbocycles. The van der Waals surface area contributed by atoms with Gasteiger partial charge in [0.05, 0.1) is 24.2 Å². The first kappa shape index (κ1) is 33.3. The first-order chi connectivity index (χ1) is 22.3. The number of carbonyl (C=O) groups is 2. The largest absolute Gasteiger partial charge is 0.455 e. The van der Waals surface area contributed by atoms with Gasteiger partial charge in [-0.2, -0.15) is 0 Å². The number of aliphatic hydroxyl groups excluding tert-OH is 2. The van der Waals surface area contributed by atoms with Crippen LogP contribution < -0.4 is 0 Å². The average molecular weight is 663 g/mol. The molecule has 8 aliphatic rings. The van der Waals surface area contributed by atoms with Gasteiger partial charge in [0.2, 0.25) is 0 Å². The Kier molecular flexibility index (Phi) is 6.91. The van der Waals surface area contributed by atoms with Crippen molar-refractivity contribution in [2.75, 3.05) is 6.61 Å². The molecule has 0 aliphatic heterocycles. The highest BCUT2D eigenvalue weighted by Crippen LogP contribution is 2.78. The minimum atomic E-state index is -1.91. The van der Waals surface area contributed by atoms with Crippen molar-refractivity contribution in [1.29, 1.82) is 0 Å². The fourth-order valence-electron chi connectivity index (χ4n) is 14.4. The second kappa shape index (κ2) is 9.95. The maximum atomic E-state index is 14.9. The lowest BCUT2D eigenvalue weighted by Gasteiger charge is -2.52. The number of rotatable bonds is 3. The van der Waals surface area contributed by atoms with Crippen molar-refractivity contribution >= 4 is 11.8 Å². The van der Waals surface area contributed by atoms with E-state index in [1.165, 1.54) is 18.4 Å².